The number of carbonyl (C=O) groups is 2. The van der Waals surface area contributed by atoms with E-state index < -0.39 is 6.11 Å². The molecule has 252 valence electrons. The van der Waals surface area contributed by atoms with E-state index in [9.17, 15) is 18.4 Å². The number of alkyl halides is 2. The molecule has 0 aliphatic rings. The van der Waals surface area contributed by atoms with Crippen LogP contribution >= 0.6 is 0 Å². The molecule has 0 spiro atoms. The van der Waals surface area contributed by atoms with Crippen LogP contribution in [0.2, 0.25) is 0 Å². The molecule has 48 heavy (non-hydrogen) atoms. The van der Waals surface area contributed by atoms with Crippen molar-refractivity contribution >= 4 is 45.3 Å². The largest absolute Gasteiger partial charge is 0.433 e. The van der Waals surface area contributed by atoms with Crippen LogP contribution in [0.15, 0.2) is 80.3 Å². The molecule has 0 saturated carbocycles. The van der Waals surface area contributed by atoms with Crippen LogP contribution in [0.4, 0.5) is 20.2 Å². The standard InChI is InChI=1S/C21H21F2N3O2.C15H20N4O/c1-4-19(27)25-16-10-18-14(3)12-26(20(18)24-11-16)13-15-6-8-17(9-7-15)28-21(22,23)5-2;1-5-14(20)17-12-8-13-11(4)18-19(7-6-10(2)3)15(13)16-9-12/h4,6-12H,1,5,13H2,2-3H3,(H,25,27);5,8-10H,1,6-7H2,2-4H3,(H,17,20). The Balaban J connectivity index is 0.000000229. The molecule has 2 amide bonds. The summed E-state index contributed by atoms with van der Waals surface area (Å²) in [5.74, 6) is 0.218. The van der Waals surface area contributed by atoms with Crippen LogP contribution in [0.3, 0.4) is 0 Å². The summed E-state index contributed by atoms with van der Waals surface area (Å²) in [7, 11) is 0. The summed E-state index contributed by atoms with van der Waals surface area (Å²) in [6.07, 6.45) is 5.15. The summed E-state index contributed by atoms with van der Waals surface area (Å²) in [4.78, 5) is 31.6. The molecule has 2 N–H and O–H groups in total. The zero-order valence-electron chi connectivity index (χ0n) is 27.9. The van der Waals surface area contributed by atoms with Gasteiger partial charge in [-0.2, -0.15) is 13.9 Å². The summed E-state index contributed by atoms with van der Waals surface area (Å²) in [6.45, 7) is 17.9. The van der Waals surface area contributed by atoms with Gasteiger partial charge >= 0.3 is 6.11 Å². The number of anilines is 2. The third kappa shape index (κ3) is 9.11. The summed E-state index contributed by atoms with van der Waals surface area (Å²) < 4.78 is 35.3. The van der Waals surface area contributed by atoms with Gasteiger partial charge in [0.1, 0.15) is 11.4 Å². The van der Waals surface area contributed by atoms with E-state index in [0.717, 1.165) is 51.9 Å². The van der Waals surface area contributed by atoms with Crippen molar-refractivity contribution in [1.29, 1.82) is 0 Å². The average Bonchev–Trinajstić information content (AvgIpc) is 3.55. The number of pyridine rings is 2. The predicted molar refractivity (Wildman–Crippen MR) is 185 cm³/mol. The molecule has 5 aromatic rings. The number of nitrogens with zero attached hydrogens (tertiary/aromatic N) is 5. The Labute approximate surface area is 278 Å². The highest BCUT2D eigenvalue weighted by atomic mass is 19.3. The monoisotopic (exact) mass is 657 g/mol. The van der Waals surface area contributed by atoms with Crippen LogP contribution in [0, 0.1) is 19.8 Å². The van der Waals surface area contributed by atoms with Crippen LogP contribution in [-0.2, 0) is 22.7 Å². The molecule has 0 fully saturated rings. The van der Waals surface area contributed by atoms with E-state index in [0.29, 0.717) is 23.8 Å². The number of ether oxygens (including phenoxy) is 1. The average molecular weight is 658 g/mol. The second-order valence-electron chi connectivity index (χ2n) is 11.7. The van der Waals surface area contributed by atoms with Gasteiger partial charge in [0.2, 0.25) is 11.8 Å². The molecule has 0 bridgehead atoms. The van der Waals surface area contributed by atoms with Gasteiger partial charge in [-0.15, -0.1) is 0 Å². The van der Waals surface area contributed by atoms with Gasteiger partial charge < -0.3 is 19.9 Å². The predicted octanol–water partition coefficient (Wildman–Crippen LogP) is 7.81. The second-order valence-corrected chi connectivity index (χ2v) is 11.7. The Morgan fingerprint density at radius 2 is 1.54 bits per heavy atom. The second kappa shape index (κ2) is 15.5. The number of aryl methyl sites for hydroxylation is 3. The van der Waals surface area contributed by atoms with Gasteiger partial charge in [0, 0.05) is 36.5 Å². The van der Waals surface area contributed by atoms with Crippen LogP contribution < -0.4 is 15.4 Å². The molecule has 0 atom stereocenters. The first-order chi connectivity index (χ1) is 22.8. The quantitative estimate of drug-likeness (QED) is 0.132. The molecule has 5 rings (SSSR count). The number of nitrogens with one attached hydrogen (secondary N) is 2. The summed E-state index contributed by atoms with van der Waals surface area (Å²) >= 11 is 0. The molecule has 0 aliphatic heterocycles. The number of hydrogen-bond donors (Lipinski definition) is 2. The summed E-state index contributed by atoms with van der Waals surface area (Å²) in [5.41, 5.74) is 5.75. The Morgan fingerprint density at radius 3 is 2.10 bits per heavy atom. The van der Waals surface area contributed by atoms with Crippen molar-refractivity contribution < 1.29 is 23.1 Å². The molecule has 12 heteroatoms. The van der Waals surface area contributed by atoms with Crippen LogP contribution in [-0.4, -0.2) is 42.2 Å². The molecule has 4 aromatic heterocycles. The minimum Gasteiger partial charge on any atom is -0.433 e. The molecule has 1 aromatic carbocycles. The van der Waals surface area contributed by atoms with E-state index in [1.807, 2.05) is 41.4 Å². The lowest BCUT2D eigenvalue weighted by Gasteiger charge is -2.16. The topological polar surface area (TPSA) is 116 Å². The van der Waals surface area contributed by atoms with Gasteiger partial charge in [0.15, 0.2) is 5.65 Å². The van der Waals surface area contributed by atoms with Crippen molar-refractivity contribution in [2.75, 3.05) is 10.6 Å². The number of hydrogen-bond acceptors (Lipinski definition) is 6. The molecular weight excluding hydrogens is 616 g/mol. The maximum Gasteiger partial charge on any atom is 0.397 e. The SMILES string of the molecule is C=CC(=O)Nc1cnc2c(c1)c(C)cn2Cc1ccc(OC(F)(F)CC)cc1.C=CC(=O)Nc1cnc2c(c1)c(C)nn2CCC(C)C. The highest BCUT2D eigenvalue weighted by Crippen LogP contribution is 2.27. The van der Waals surface area contributed by atoms with Gasteiger partial charge in [-0.05, 0) is 73.7 Å². The molecule has 0 unspecified atom stereocenters. The number of fused-ring (bicyclic) bond motifs is 2. The lowest BCUT2D eigenvalue weighted by atomic mass is 10.1. The Hall–Kier alpha value is -5.39. The van der Waals surface area contributed by atoms with E-state index in [4.69, 9.17) is 4.74 Å². The summed E-state index contributed by atoms with van der Waals surface area (Å²) in [5, 5.41) is 11.8. The zero-order chi connectivity index (χ0) is 35.0. The Bertz CT molecular complexity index is 1930. The minimum atomic E-state index is -3.17. The molecule has 0 radical (unpaired) electrons. The highest BCUT2D eigenvalue weighted by Gasteiger charge is 2.28. The maximum absolute atomic E-state index is 13.3. The van der Waals surface area contributed by atoms with E-state index in [-0.39, 0.29) is 24.0 Å². The van der Waals surface area contributed by atoms with Gasteiger partial charge in [0.05, 0.1) is 29.5 Å². The first kappa shape index (κ1) is 35.5. The number of rotatable bonds is 12. The zero-order valence-corrected chi connectivity index (χ0v) is 27.9. The molecule has 10 nitrogen and oxygen atoms in total. The normalized spacial score (nSPS) is 11.2. The fourth-order valence-corrected chi connectivity index (χ4v) is 4.84. The van der Waals surface area contributed by atoms with E-state index in [1.165, 1.54) is 31.2 Å². The van der Waals surface area contributed by atoms with E-state index >= 15 is 0 Å². The van der Waals surface area contributed by atoms with Gasteiger partial charge in [-0.1, -0.05) is 46.1 Å². The Morgan fingerprint density at radius 1 is 0.958 bits per heavy atom. The molecular formula is C36H41F2N7O3. The van der Waals surface area contributed by atoms with Gasteiger partial charge in [-0.25, -0.2) is 14.6 Å². The van der Waals surface area contributed by atoms with Crippen LogP contribution in [0.25, 0.3) is 22.1 Å². The molecule has 4 heterocycles. The smallest absolute Gasteiger partial charge is 0.397 e. The lowest BCUT2D eigenvalue weighted by molar-refractivity contribution is -0.177. The van der Waals surface area contributed by atoms with E-state index in [2.05, 4.69) is 52.7 Å². The fraction of sp³-hybridized carbons (Fsp3) is 0.306. The van der Waals surface area contributed by atoms with Crippen molar-refractivity contribution in [3.8, 4) is 5.75 Å². The summed E-state index contributed by atoms with van der Waals surface area (Å²) in [6, 6.07) is 10.3. The molecule has 0 aliphatic carbocycles. The fourth-order valence-electron chi connectivity index (χ4n) is 4.84. The number of benzene rings is 1. The van der Waals surface area contributed by atoms with Crippen molar-refractivity contribution in [1.82, 2.24) is 24.3 Å². The maximum atomic E-state index is 13.3. The van der Waals surface area contributed by atoms with Crippen LogP contribution in [0.1, 0.15) is 50.4 Å². The van der Waals surface area contributed by atoms with Gasteiger partial charge in [0.25, 0.3) is 0 Å². The van der Waals surface area contributed by atoms with Crippen LogP contribution in [0.5, 0.6) is 5.75 Å². The number of carbonyl (C=O) groups excluding carboxylic acids is 2. The third-order valence-electron chi connectivity index (χ3n) is 7.46. The third-order valence-corrected chi connectivity index (χ3v) is 7.46. The van der Waals surface area contributed by atoms with E-state index in [1.54, 1.807) is 24.5 Å². The lowest BCUT2D eigenvalue weighted by Crippen LogP contribution is -2.23. The first-order valence-corrected chi connectivity index (χ1v) is 15.6. The minimum absolute atomic E-state index is 0.130. The van der Waals surface area contributed by atoms with Crippen molar-refractivity contribution in [2.45, 2.75) is 66.7 Å². The van der Waals surface area contributed by atoms with Crippen molar-refractivity contribution in [3.05, 3.63) is 97.1 Å². The Kier molecular flexibility index (Phi) is 11.4. The highest BCUT2D eigenvalue weighted by molar-refractivity contribution is 6.00. The number of aromatic nitrogens is 5. The number of amides is 2. The number of halogens is 2. The van der Waals surface area contributed by atoms with Crippen molar-refractivity contribution in [3.63, 3.8) is 0 Å². The molecule has 0 saturated heterocycles. The van der Waals surface area contributed by atoms with Crippen molar-refractivity contribution in [2.24, 2.45) is 5.92 Å². The first-order valence-electron chi connectivity index (χ1n) is 15.6. The van der Waals surface area contributed by atoms with Gasteiger partial charge in [-0.3, -0.25) is 9.59 Å².